The molecule has 0 fully saturated rings. The molecule has 170 valence electrons. The number of para-hydroxylation sites is 1. The maximum absolute atomic E-state index is 12.9. The summed E-state index contributed by atoms with van der Waals surface area (Å²) in [7, 11) is 0. The molecule has 1 atom stereocenters. The molecule has 0 aliphatic carbocycles. The van der Waals surface area contributed by atoms with Crippen LogP contribution in [0.2, 0.25) is 5.02 Å². The van der Waals surface area contributed by atoms with Crippen LogP contribution in [0.5, 0.6) is 5.75 Å². The zero-order valence-corrected chi connectivity index (χ0v) is 18.8. The Bertz CT molecular complexity index is 1180. The minimum absolute atomic E-state index is 0.0558. The number of halogens is 1. The van der Waals surface area contributed by atoms with Crippen molar-refractivity contribution in [2.75, 3.05) is 11.9 Å². The monoisotopic (exact) mass is 467 g/mol. The molecule has 0 radical (unpaired) electrons. The third-order valence-electron chi connectivity index (χ3n) is 4.87. The van der Waals surface area contributed by atoms with E-state index in [4.69, 9.17) is 16.3 Å². The van der Waals surface area contributed by atoms with Crippen LogP contribution in [0, 0.1) is 10.1 Å². The van der Waals surface area contributed by atoms with Gasteiger partial charge in [0.1, 0.15) is 5.75 Å². The van der Waals surface area contributed by atoms with Crippen LogP contribution < -0.4 is 15.4 Å². The summed E-state index contributed by atoms with van der Waals surface area (Å²) in [6.07, 6.45) is 0. The third-order valence-corrected chi connectivity index (χ3v) is 5.18. The standard InChI is InChI=1S/C24H22ClN3O5/c1-3-33-18-11-8-16(9-12-18)15(2)26-24(30)20-6-4-5-7-22(20)27-23(29)19-13-10-17(28(31)32)14-21(19)25/h4-15H,3H2,1-2H3,(H,26,30)(H,27,29). The molecule has 9 heteroatoms. The lowest BCUT2D eigenvalue weighted by molar-refractivity contribution is -0.384. The molecular weight excluding hydrogens is 446 g/mol. The Morgan fingerprint density at radius 1 is 1.03 bits per heavy atom. The minimum Gasteiger partial charge on any atom is -0.494 e. The summed E-state index contributed by atoms with van der Waals surface area (Å²) < 4.78 is 5.44. The van der Waals surface area contributed by atoms with Gasteiger partial charge in [0.25, 0.3) is 17.5 Å². The van der Waals surface area contributed by atoms with Crippen LogP contribution in [-0.2, 0) is 0 Å². The summed E-state index contributed by atoms with van der Waals surface area (Å²) in [5.41, 5.74) is 1.28. The van der Waals surface area contributed by atoms with Crippen LogP contribution in [0.3, 0.4) is 0 Å². The molecule has 0 heterocycles. The molecule has 0 saturated heterocycles. The quantitative estimate of drug-likeness (QED) is 0.341. The van der Waals surface area contributed by atoms with Gasteiger partial charge in [0.2, 0.25) is 0 Å². The Morgan fingerprint density at radius 2 is 1.73 bits per heavy atom. The molecule has 33 heavy (non-hydrogen) atoms. The molecule has 2 N–H and O–H groups in total. The molecule has 0 bridgehead atoms. The smallest absolute Gasteiger partial charge is 0.270 e. The zero-order valence-electron chi connectivity index (χ0n) is 18.0. The number of non-ortho nitro benzene ring substituents is 1. The van der Waals surface area contributed by atoms with Gasteiger partial charge in [0, 0.05) is 12.1 Å². The maximum atomic E-state index is 12.9. The highest BCUT2D eigenvalue weighted by molar-refractivity contribution is 6.34. The van der Waals surface area contributed by atoms with E-state index in [2.05, 4.69) is 10.6 Å². The van der Waals surface area contributed by atoms with Crippen LogP contribution in [0.4, 0.5) is 11.4 Å². The second-order valence-electron chi connectivity index (χ2n) is 7.12. The van der Waals surface area contributed by atoms with Gasteiger partial charge in [-0.25, -0.2) is 0 Å². The summed E-state index contributed by atoms with van der Waals surface area (Å²) in [4.78, 5) is 35.9. The van der Waals surface area contributed by atoms with Crippen LogP contribution in [0.15, 0.2) is 66.7 Å². The van der Waals surface area contributed by atoms with Crippen molar-refractivity contribution in [3.05, 3.63) is 98.6 Å². The second-order valence-corrected chi connectivity index (χ2v) is 7.53. The van der Waals surface area contributed by atoms with E-state index >= 15 is 0 Å². The normalized spacial score (nSPS) is 11.4. The maximum Gasteiger partial charge on any atom is 0.270 e. The molecule has 0 saturated carbocycles. The number of nitrogens with one attached hydrogen (secondary N) is 2. The van der Waals surface area contributed by atoms with Crippen molar-refractivity contribution in [1.82, 2.24) is 5.32 Å². The van der Waals surface area contributed by atoms with E-state index in [-0.39, 0.29) is 39.5 Å². The molecule has 1 unspecified atom stereocenters. The number of nitro groups is 1. The largest absolute Gasteiger partial charge is 0.494 e. The summed E-state index contributed by atoms with van der Waals surface area (Å²) >= 11 is 6.05. The van der Waals surface area contributed by atoms with Crippen LogP contribution in [0.1, 0.15) is 46.2 Å². The SMILES string of the molecule is CCOc1ccc(C(C)NC(=O)c2ccccc2NC(=O)c2ccc([N+](=O)[O-])cc2Cl)cc1. The van der Waals surface area contributed by atoms with Gasteiger partial charge in [0.05, 0.1) is 39.4 Å². The van der Waals surface area contributed by atoms with Gasteiger partial charge in [-0.05, 0) is 49.7 Å². The first kappa shape index (κ1) is 23.7. The summed E-state index contributed by atoms with van der Waals surface area (Å²) in [6.45, 7) is 4.33. The van der Waals surface area contributed by atoms with Crippen molar-refractivity contribution >= 4 is 34.8 Å². The van der Waals surface area contributed by atoms with E-state index in [0.717, 1.165) is 17.4 Å². The fourth-order valence-electron chi connectivity index (χ4n) is 3.16. The molecule has 3 aromatic rings. The molecule has 3 rings (SSSR count). The fourth-order valence-corrected chi connectivity index (χ4v) is 3.42. The van der Waals surface area contributed by atoms with Crippen molar-refractivity contribution in [2.45, 2.75) is 19.9 Å². The molecule has 0 aromatic heterocycles. The second kappa shape index (κ2) is 10.6. The number of benzene rings is 3. The molecule has 8 nitrogen and oxygen atoms in total. The average Bonchev–Trinajstić information content (AvgIpc) is 2.79. The average molecular weight is 468 g/mol. The molecule has 3 aromatic carbocycles. The summed E-state index contributed by atoms with van der Waals surface area (Å²) in [5, 5.41) is 16.4. The lowest BCUT2D eigenvalue weighted by atomic mass is 10.1. The molecule has 0 spiro atoms. The predicted octanol–water partition coefficient (Wildman–Crippen LogP) is 5.39. The lowest BCUT2D eigenvalue weighted by Gasteiger charge is -2.17. The number of amides is 2. The zero-order chi connectivity index (χ0) is 24.0. The first-order valence-electron chi connectivity index (χ1n) is 10.2. The number of anilines is 1. The number of carbonyl (C=O) groups is 2. The Hall–Kier alpha value is -3.91. The van der Waals surface area contributed by atoms with Gasteiger partial charge in [-0.2, -0.15) is 0 Å². The first-order chi connectivity index (χ1) is 15.8. The van der Waals surface area contributed by atoms with Gasteiger partial charge >= 0.3 is 0 Å². The van der Waals surface area contributed by atoms with Crippen molar-refractivity contribution in [3.8, 4) is 5.75 Å². The van der Waals surface area contributed by atoms with E-state index in [1.54, 1.807) is 24.3 Å². The Balaban J connectivity index is 1.75. The Morgan fingerprint density at radius 3 is 2.36 bits per heavy atom. The minimum atomic E-state index is -0.598. The number of carbonyl (C=O) groups excluding carboxylic acids is 2. The fraction of sp³-hybridized carbons (Fsp3) is 0.167. The van der Waals surface area contributed by atoms with Crippen molar-refractivity contribution < 1.29 is 19.2 Å². The number of nitro benzene ring substituents is 1. The predicted molar refractivity (Wildman–Crippen MR) is 126 cm³/mol. The molecule has 0 aliphatic heterocycles. The first-order valence-corrected chi connectivity index (χ1v) is 10.6. The number of ether oxygens (including phenoxy) is 1. The number of hydrogen-bond acceptors (Lipinski definition) is 5. The van der Waals surface area contributed by atoms with E-state index in [1.807, 2.05) is 38.1 Å². The highest BCUT2D eigenvalue weighted by Crippen LogP contribution is 2.25. The van der Waals surface area contributed by atoms with E-state index in [0.29, 0.717) is 6.61 Å². The number of rotatable bonds is 8. The van der Waals surface area contributed by atoms with Crippen molar-refractivity contribution in [1.29, 1.82) is 0 Å². The Labute approximate surface area is 195 Å². The molecule has 2 amide bonds. The van der Waals surface area contributed by atoms with Gasteiger partial charge in [-0.3, -0.25) is 19.7 Å². The summed E-state index contributed by atoms with van der Waals surface area (Å²) in [5.74, 6) is -0.213. The van der Waals surface area contributed by atoms with Gasteiger partial charge in [0.15, 0.2) is 0 Å². The highest BCUT2D eigenvalue weighted by atomic mass is 35.5. The van der Waals surface area contributed by atoms with Gasteiger partial charge in [-0.1, -0.05) is 35.9 Å². The highest BCUT2D eigenvalue weighted by Gasteiger charge is 2.19. The van der Waals surface area contributed by atoms with E-state index in [1.165, 1.54) is 12.1 Å². The van der Waals surface area contributed by atoms with Gasteiger partial charge < -0.3 is 15.4 Å². The number of nitrogens with zero attached hydrogens (tertiary/aromatic N) is 1. The van der Waals surface area contributed by atoms with E-state index in [9.17, 15) is 19.7 Å². The van der Waals surface area contributed by atoms with Gasteiger partial charge in [-0.15, -0.1) is 0 Å². The number of hydrogen-bond donors (Lipinski definition) is 2. The Kier molecular flexibility index (Phi) is 7.63. The van der Waals surface area contributed by atoms with Crippen LogP contribution in [-0.4, -0.2) is 23.3 Å². The molecular formula is C24H22ClN3O5. The van der Waals surface area contributed by atoms with Crippen molar-refractivity contribution in [2.24, 2.45) is 0 Å². The topological polar surface area (TPSA) is 111 Å². The lowest BCUT2D eigenvalue weighted by Crippen LogP contribution is -2.28. The van der Waals surface area contributed by atoms with Crippen LogP contribution in [0.25, 0.3) is 0 Å². The van der Waals surface area contributed by atoms with Crippen LogP contribution >= 0.6 is 11.6 Å². The summed E-state index contributed by atoms with van der Waals surface area (Å²) in [6, 6.07) is 17.2. The third kappa shape index (κ3) is 5.87. The van der Waals surface area contributed by atoms with Crippen molar-refractivity contribution in [3.63, 3.8) is 0 Å². The molecule has 0 aliphatic rings. The van der Waals surface area contributed by atoms with E-state index < -0.39 is 10.8 Å².